The maximum Gasteiger partial charge on any atom is 0.178 e. The highest BCUT2D eigenvalue weighted by molar-refractivity contribution is 5.02. The van der Waals surface area contributed by atoms with Crippen LogP contribution in [0.1, 0.15) is 18.8 Å². The van der Waals surface area contributed by atoms with E-state index in [1.165, 1.54) is 6.26 Å². The van der Waals surface area contributed by atoms with Crippen molar-refractivity contribution in [2.75, 3.05) is 6.61 Å². The second-order valence-electron chi connectivity index (χ2n) is 2.29. The summed E-state index contributed by atoms with van der Waals surface area (Å²) in [7, 11) is 0. The van der Waals surface area contributed by atoms with E-state index in [0.717, 1.165) is 0 Å². The number of hydrogen-bond donors (Lipinski definition) is 1. The topological polar surface area (TPSA) is 42.6 Å². The molecule has 1 heterocycles. The molecule has 3 nitrogen and oxygen atoms in total. The van der Waals surface area contributed by atoms with Crippen LogP contribution in [0.5, 0.6) is 0 Å². The van der Waals surface area contributed by atoms with Gasteiger partial charge in [-0.2, -0.15) is 0 Å². The van der Waals surface area contributed by atoms with Gasteiger partial charge in [0.15, 0.2) is 6.10 Å². The standard InChI is InChI=1S/C9H12O3/c1-2-5-11-9(7-10)8-4-3-6-12-8/h2-6,9-10H,7H2,1H3/b5-2-/t9-/m1/s1. The van der Waals surface area contributed by atoms with Crippen LogP contribution in [0.25, 0.3) is 0 Å². The predicted molar refractivity (Wildman–Crippen MR) is 44.4 cm³/mol. The number of hydrogen-bond acceptors (Lipinski definition) is 3. The highest BCUT2D eigenvalue weighted by Gasteiger charge is 2.11. The Hall–Kier alpha value is -1.22. The lowest BCUT2D eigenvalue weighted by Gasteiger charge is -2.09. The van der Waals surface area contributed by atoms with Crippen LogP contribution >= 0.6 is 0 Å². The van der Waals surface area contributed by atoms with E-state index in [2.05, 4.69) is 0 Å². The second-order valence-corrected chi connectivity index (χ2v) is 2.29. The third-order valence-corrected chi connectivity index (χ3v) is 1.41. The third kappa shape index (κ3) is 2.13. The third-order valence-electron chi connectivity index (χ3n) is 1.41. The summed E-state index contributed by atoms with van der Waals surface area (Å²) in [4.78, 5) is 0. The largest absolute Gasteiger partial charge is 0.488 e. The van der Waals surface area contributed by atoms with Crippen LogP contribution in [-0.2, 0) is 4.74 Å². The predicted octanol–water partition coefficient (Wildman–Crippen LogP) is 1.86. The summed E-state index contributed by atoms with van der Waals surface area (Å²) in [6.07, 6.45) is 4.45. The summed E-state index contributed by atoms with van der Waals surface area (Å²) in [6.45, 7) is 1.76. The van der Waals surface area contributed by atoms with Crippen molar-refractivity contribution in [3.63, 3.8) is 0 Å². The number of ether oxygens (including phenoxy) is 1. The summed E-state index contributed by atoms with van der Waals surface area (Å²) >= 11 is 0. The molecular weight excluding hydrogens is 156 g/mol. The molecule has 12 heavy (non-hydrogen) atoms. The lowest BCUT2D eigenvalue weighted by Crippen LogP contribution is -2.04. The van der Waals surface area contributed by atoms with Crippen LogP contribution in [0.4, 0.5) is 0 Å². The van der Waals surface area contributed by atoms with Crippen LogP contribution in [0.2, 0.25) is 0 Å². The molecule has 0 aliphatic carbocycles. The van der Waals surface area contributed by atoms with Gasteiger partial charge in [0.05, 0.1) is 19.1 Å². The number of furan rings is 1. The monoisotopic (exact) mass is 168 g/mol. The minimum Gasteiger partial charge on any atom is -0.488 e. The Morgan fingerprint density at radius 1 is 1.75 bits per heavy atom. The smallest absolute Gasteiger partial charge is 0.178 e. The fraction of sp³-hybridized carbons (Fsp3) is 0.333. The van der Waals surface area contributed by atoms with E-state index in [9.17, 15) is 0 Å². The molecule has 3 heteroatoms. The lowest BCUT2D eigenvalue weighted by molar-refractivity contribution is 0.0609. The van der Waals surface area contributed by atoms with E-state index >= 15 is 0 Å². The molecule has 0 fully saturated rings. The van der Waals surface area contributed by atoms with E-state index in [0.29, 0.717) is 5.76 Å². The molecule has 1 aromatic heterocycles. The van der Waals surface area contributed by atoms with E-state index in [-0.39, 0.29) is 6.61 Å². The van der Waals surface area contributed by atoms with Crippen molar-refractivity contribution in [1.82, 2.24) is 0 Å². The van der Waals surface area contributed by atoms with Gasteiger partial charge in [0.1, 0.15) is 5.76 Å². The van der Waals surface area contributed by atoms with Gasteiger partial charge >= 0.3 is 0 Å². The minimum absolute atomic E-state index is 0.0855. The van der Waals surface area contributed by atoms with Gasteiger partial charge in [0.2, 0.25) is 0 Å². The molecule has 0 aliphatic heterocycles. The molecular formula is C9H12O3. The minimum atomic E-state index is -0.392. The van der Waals surface area contributed by atoms with Gasteiger partial charge in [0.25, 0.3) is 0 Å². The van der Waals surface area contributed by atoms with Gasteiger partial charge in [-0.1, -0.05) is 6.08 Å². The first-order valence-corrected chi connectivity index (χ1v) is 3.79. The first kappa shape index (κ1) is 8.87. The van der Waals surface area contributed by atoms with E-state index in [1.807, 2.05) is 6.92 Å². The Morgan fingerprint density at radius 3 is 3.08 bits per heavy atom. The Balaban J connectivity index is 2.57. The maximum atomic E-state index is 8.91. The van der Waals surface area contributed by atoms with Crippen LogP contribution in [0.3, 0.4) is 0 Å². The molecule has 0 bridgehead atoms. The van der Waals surface area contributed by atoms with E-state index < -0.39 is 6.10 Å². The van der Waals surface area contributed by atoms with Crippen molar-refractivity contribution in [2.24, 2.45) is 0 Å². The first-order chi connectivity index (χ1) is 5.88. The van der Waals surface area contributed by atoms with Crippen molar-refractivity contribution in [3.8, 4) is 0 Å². The van der Waals surface area contributed by atoms with Gasteiger partial charge in [0, 0.05) is 0 Å². The fourth-order valence-electron chi connectivity index (χ4n) is 0.848. The SMILES string of the molecule is C/C=C\O[C@H](CO)c1ccco1. The van der Waals surface area contributed by atoms with Gasteiger partial charge in [-0.15, -0.1) is 0 Å². The summed E-state index contributed by atoms with van der Waals surface area (Å²) < 4.78 is 10.2. The molecule has 1 aromatic rings. The lowest BCUT2D eigenvalue weighted by atomic mass is 10.3. The van der Waals surface area contributed by atoms with Crippen molar-refractivity contribution >= 4 is 0 Å². The van der Waals surface area contributed by atoms with Crippen molar-refractivity contribution in [1.29, 1.82) is 0 Å². The molecule has 0 amide bonds. The zero-order valence-corrected chi connectivity index (χ0v) is 6.93. The zero-order valence-electron chi connectivity index (χ0n) is 6.93. The molecule has 0 radical (unpaired) electrons. The Kier molecular flexibility index (Phi) is 3.41. The molecule has 0 spiro atoms. The van der Waals surface area contributed by atoms with Crippen molar-refractivity contribution in [3.05, 3.63) is 36.5 Å². The van der Waals surface area contributed by atoms with Crippen molar-refractivity contribution < 1.29 is 14.3 Å². The summed E-state index contributed by atoms with van der Waals surface area (Å²) in [5.41, 5.74) is 0. The van der Waals surface area contributed by atoms with E-state index in [4.69, 9.17) is 14.3 Å². The highest BCUT2D eigenvalue weighted by atomic mass is 16.5. The molecule has 66 valence electrons. The fourth-order valence-corrected chi connectivity index (χ4v) is 0.848. The number of allylic oxidation sites excluding steroid dienone is 1. The number of aliphatic hydroxyl groups excluding tert-OH is 1. The maximum absolute atomic E-state index is 8.91. The number of rotatable bonds is 4. The quantitative estimate of drug-likeness (QED) is 0.698. The normalized spacial score (nSPS) is 13.5. The summed E-state index contributed by atoms with van der Waals surface area (Å²) in [6, 6.07) is 3.53. The van der Waals surface area contributed by atoms with Gasteiger partial charge in [-0.05, 0) is 19.1 Å². The molecule has 0 saturated heterocycles. The van der Waals surface area contributed by atoms with Crippen molar-refractivity contribution in [2.45, 2.75) is 13.0 Å². The second kappa shape index (κ2) is 4.62. The van der Waals surface area contributed by atoms with E-state index in [1.54, 1.807) is 24.5 Å². The Bertz CT molecular complexity index is 226. The molecule has 0 aliphatic rings. The molecule has 1 rings (SSSR count). The Morgan fingerprint density at radius 2 is 2.58 bits per heavy atom. The number of aliphatic hydroxyl groups is 1. The molecule has 1 N–H and O–H groups in total. The van der Waals surface area contributed by atoms with Crippen LogP contribution in [-0.4, -0.2) is 11.7 Å². The highest BCUT2D eigenvalue weighted by Crippen LogP contribution is 2.16. The molecule has 1 atom stereocenters. The molecule has 0 aromatic carbocycles. The van der Waals surface area contributed by atoms with Gasteiger partial charge < -0.3 is 14.3 Å². The summed E-state index contributed by atoms with van der Waals surface area (Å²) in [5, 5.41) is 8.91. The summed E-state index contributed by atoms with van der Waals surface area (Å²) in [5.74, 6) is 0.635. The average molecular weight is 168 g/mol. The molecule has 0 unspecified atom stereocenters. The first-order valence-electron chi connectivity index (χ1n) is 3.79. The average Bonchev–Trinajstić information content (AvgIpc) is 2.59. The van der Waals surface area contributed by atoms with Gasteiger partial charge in [-0.3, -0.25) is 0 Å². The van der Waals surface area contributed by atoms with Crippen LogP contribution < -0.4 is 0 Å². The van der Waals surface area contributed by atoms with Crippen LogP contribution in [0, 0.1) is 0 Å². The molecule has 0 saturated carbocycles. The van der Waals surface area contributed by atoms with Gasteiger partial charge in [-0.25, -0.2) is 0 Å². The Labute approximate surface area is 71.3 Å². The van der Waals surface area contributed by atoms with Crippen LogP contribution in [0.15, 0.2) is 35.2 Å². The zero-order chi connectivity index (χ0) is 8.81.